The standard InChI is InChI=1S/C15H27/c1-2-6-13-9-11-15(12-10-13)14-7-4-3-5-8-14/h13-14H,2-12H2,1H3. The molecular formula is C15H27. The summed E-state index contributed by atoms with van der Waals surface area (Å²) in [6, 6.07) is 0. The summed E-state index contributed by atoms with van der Waals surface area (Å²) in [7, 11) is 0. The molecule has 0 unspecified atom stereocenters. The molecule has 0 aliphatic heterocycles. The zero-order chi connectivity index (χ0) is 10.5. The van der Waals surface area contributed by atoms with Crippen LogP contribution < -0.4 is 0 Å². The van der Waals surface area contributed by atoms with E-state index < -0.39 is 0 Å². The molecule has 0 heterocycles. The first kappa shape index (κ1) is 11.5. The van der Waals surface area contributed by atoms with Crippen LogP contribution in [0.5, 0.6) is 0 Å². The highest BCUT2D eigenvalue weighted by Gasteiger charge is 2.28. The van der Waals surface area contributed by atoms with Gasteiger partial charge in [-0.05, 0) is 56.3 Å². The molecule has 87 valence electrons. The van der Waals surface area contributed by atoms with Gasteiger partial charge in [-0.15, -0.1) is 0 Å². The van der Waals surface area contributed by atoms with Crippen LogP contribution in [0.15, 0.2) is 0 Å². The van der Waals surface area contributed by atoms with Crippen molar-refractivity contribution in [3.63, 3.8) is 0 Å². The fourth-order valence-corrected chi connectivity index (χ4v) is 3.66. The maximum Gasteiger partial charge on any atom is -0.0210 e. The molecule has 0 aromatic heterocycles. The first-order valence-electron chi connectivity index (χ1n) is 7.24. The van der Waals surface area contributed by atoms with Crippen molar-refractivity contribution in [1.29, 1.82) is 0 Å². The zero-order valence-corrected chi connectivity index (χ0v) is 10.4. The van der Waals surface area contributed by atoms with Crippen molar-refractivity contribution in [2.45, 2.75) is 77.6 Å². The van der Waals surface area contributed by atoms with Gasteiger partial charge in [-0.1, -0.05) is 39.0 Å². The summed E-state index contributed by atoms with van der Waals surface area (Å²) in [6.07, 6.45) is 16.4. The lowest BCUT2D eigenvalue weighted by Crippen LogP contribution is -2.21. The molecule has 0 amide bonds. The Morgan fingerprint density at radius 1 is 0.933 bits per heavy atom. The van der Waals surface area contributed by atoms with Crippen molar-refractivity contribution < 1.29 is 0 Å². The highest BCUT2D eigenvalue weighted by Crippen LogP contribution is 2.42. The van der Waals surface area contributed by atoms with E-state index in [1.54, 1.807) is 0 Å². The van der Waals surface area contributed by atoms with Crippen LogP contribution in [0.25, 0.3) is 0 Å². The van der Waals surface area contributed by atoms with Crippen LogP contribution in [0, 0.1) is 17.8 Å². The molecule has 1 radical (unpaired) electrons. The Morgan fingerprint density at radius 2 is 1.60 bits per heavy atom. The van der Waals surface area contributed by atoms with Gasteiger partial charge in [0.2, 0.25) is 0 Å². The highest BCUT2D eigenvalue weighted by atomic mass is 14.3. The first-order valence-corrected chi connectivity index (χ1v) is 7.24. The molecule has 0 nitrogen and oxygen atoms in total. The van der Waals surface area contributed by atoms with E-state index >= 15 is 0 Å². The average Bonchev–Trinajstić information content (AvgIpc) is 2.32. The number of rotatable bonds is 3. The molecule has 2 aliphatic rings. The Bertz CT molecular complexity index is 159. The smallest absolute Gasteiger partial charge is 0.0210 e. The maximum absolute atomic E-state index is 2.33. The third kappa shape index (κ3) is 3.23. The van der Waals surface area contributed by atoms with Crippen LogP contribution in [0.3, 0.4) is 0 Å². The van der Waals surface area contributed by atoms with Crippen molar-refractivity contribution in [1.82, 2.24) is 0 Å². The van der Waals surface area contributed by atoms with Crippen LogP contribution in [0.2, 0.25) is 0 Å². The van der Waals surface area contributed by atoms with Crippen LogP contribution in [-0.2, 0) is 0 Å². The van der Waals surface area contributed by atoms with Crippen molar-refractivity contribution in [3.05, 3.63) is 5.92 Å². The van der Waals surface area contributed by atoms with Gasteiger partial charge < -0.3 is 0 Å². The van der Waals surface area contributed by atoms with E-state index in [9.17, 15) is 0 Å². The normalized spacial score (nSPS) is 27.0. The second kappa shape index (κ2) is 5.92. The molecule has 2 saturated carbocycles. The van der Waals surface area contributed by atoms with Crippen molar-refractivity contribution >= 4 is 0 Å². The summed E-state index contributed by atoms with van der Waals surface area (Å²) in [6.45, 7) is 2.33. The fraction of sp³-hybridized carbons (Fsp3) is 0.933. The Labute approximate surface area is 95.8 Å². The Hall–Kier alpha value is 0. The molecule has 0 saturated heterocycles. The van der Waals surface area contributed by atoms with Gasteiger partial charge in [0.15, 0.2) is 0 Å². The number of hydrogen-bond donors (Lipinski definition) is 0. The molecule has 2 aliphatic carbocycles. The minimum absolute atomic E-state index is 1.04. The van der Waals surface area contributed by atoms with E-state index in [0.717, 1.165) is 11.8 Å². The topological polar surface area (TPSA) is 0 Å². The lowest BCUT2D eigenvalue weighted by molar-refractivity contribution is 0.277. The monoisotopic (exact) mass is 207 g/mol. The van der Waals surface area contributed by atoms with Crippen LogP contribution >= 0.6 is 0 Å². The van der Waals surface area contributed by atoms with Gasteiger partial charge in [0, 0.05) is 0 Å². The third-order valence-electron chi connectivity index (χ3n) is 4.63. The quantitative estimate of drug-likeness (QED) is 0.601. The van der Waals surface area contributed by atoms with Gasteiger partial charge in [-0.3, -0.25) is 0 Å². The van der Waals surface area contributed by atoms with Gasteiger partial charge in [0.25, 0.3) is 0 Å². The lowest BCUT2D eigenvalue weighted by atomic mass is 9.70. The Balaban J connectivity index is 1.72. The lowest BCUT2D eigenvalue weighted by Gasteiger charge is -2.35. The minimum atomic E-state index is 1.04. The molecule has 0 N–H and O–H groups in total. The van der Waals surface area contributed by atoms with Crippen LogP contribution in [0.4, 0.5) is 0 Å². The summed E-state index contributed by atoms with van der Waals surface area (Å²) in [5.74, 6) is 4.07. The first-order chi connectivity index (χ1) is 7.40. The SMILES string of the molecule is CCCC1CC[C](C2CCCCC2)CC1. The van der Waals surface area contributed by atoms with Gasteiger partial charge in [0.05, 0.1) is 0 Å². The van der Waals surface area contributed by atoms with E-state index in [2.05, 4.69) is 6.92 Å². The largest absolute Gasteiger partial charge is 0.0654 e. The van der Waals surface area contributed by atoms with Crippen LogP contribution in [0.1, 0.15) is 77.6 Å². The van der Waals surface area contributed by atoms with Gasteiger partial charge in [-0.25, -0.2) is 0 Å². The zero-order valence-electron chi connectivity index (χ0n) is 10.4. The van der Waals surface area contributed by atoms with E-state index in [1.807, 2.05) is 5.92 Å². The highest BCUT2D eigenvalue weighted by molar-refractivity contribution is 5.00. The van der Waals surface area contributed by atoms with Crippen molar-refractivity contribution in [2.75, 3.05) is 0 Å². The summed E-state index contributed by atoms with van der Waals surface area (Å²) < 4.78 is 0. The second-order valence-electron chi connectivity index (χ2n) is 5.73. The molecular weight excluding hydrogens is 180 g/mol. The molecule has 0 atom stereocenters. The minimum Gasteiger partial charge on any atom is -0.0654 e. The van der Waals surface area contributed by atoms with Gasteiger partial charge in [-0.2, -0.15) is 0 Å². The fourth-order valence-electron chi connectivity index (χ4n) is 3.66. The van der Waals surface area contributed by atoms with E-state index in [1.165, 1.54) is 70.6 Å². The van der Waals surface area contributed by atoms with Gasteiger partial charge in [0.1, 0.15) is 0 Å². The molecule has 0 heteroatoms. The molecule has 0 bridgehead atoms. The van der Waals surface area contributed by atoms with E-state index in [0.29, 0.717) is 0 Å². The average molecular weight is 207 g/mol. The second-order valence-corrected chi connectivity index (χ2v) is 5.73. The van der Waals surface area contributed by atoms with Crippen molar-refractivity contribution in [3.8, 4) is 0 Å². The van der Waals surface area contributed by atoms with Crippen molar-refractivity contribution in [2.24, 2.45) is 11.8 Å². The third-order valence-corrected chi connectivity index (χ3v) is 4.63. The summed E-state index contributed by atoms with van der Waals surface area (Å²) in [4.78, 5) is 0. The molecule has 0 spiro atoms. The van der Waals surface area contributed by atoms with E-state index in [-0.39, 0.29) is 0 Å². The predicted octanol–water partition coefficient (Wildman–Crippen LogP) is 5.13. The molecule has 2 fully saturated rings. The molecule has 15 heavy (non-hydrogen) atoms. The summed E-state index contributed by atoms with van der Waals surface area (Å²) >= 11 is 0. The Morgan fingerprint density at radius 3 is 2.20 bits per heavy atom. The molecule has 2 rings (SSSR count). The maximum atomic E-state index is 2.33. The molecule has 0 aromatic rings. The van der Waals surface area contributed by atoms with E-state index in [4.69, 9.17) is 0 Å². The molecule has 0 aromatic carbocycles. The number of hydrogen-bond acceptors (Lipinski definition) is 0. The predicted molar refractivity (Wildman–Crippen MR) is 66.7 cm³/mol. The summed E-state index contributed by atoms with van der Waals surface area (Å²) in [5, 5.41) is 0. The summed E-state index contributed by atoms with van der Waals surface area (Å²) in [5.41, 5.74) is 0. The van der Waals surface area contributed by atoms with Gasteiger partial charge >= 0.3 is 0 Å². The van der Waals surface area contributed by atoms with Crippen LogP contribution in [-0.4, -0.2) is 0 Å². The Kier molecular flexibility index (Phi) is 4.53.